The second-order valence-electron chi connectivity index (χ2n) is 5.32. The van der Waals surface area contributed by atoms with Crippen LogP contribution < -0.4 is 5.69 Å². The molecule has 2 heterocycles. The quantitative estimate of drug-likeness (QED) is 0.669. The highest BCUT2D eigenvalue weighted by Gasteiger charge is 2.16. The molecule has 0 aliphatic carbocycles. The molecule has 3 N–H and O–H groups in total. The van der Waals surface area contributed by atoms with Crippen LogP contribution in [0.3, 0.4) is 0 Å². The Morgan fingerprint density at radius 3 is 2.57 bits per heavy atom. The molecule has 0 saturated heterocycles. The van der Waals surface area contributed by atoms with Gasteiger partial charge in [0.05, 0.1) is 12.2 Å². The van der Waals surface area contributed by atoms with Crippen molar-refractivity contribution >= 4 is 5.91 Å². The summed E-state index contributed by atoms with van der Waals surface area (Å²) in [5.74, 6) is 0.156. The number of rotatable bonds is 4. The summed E-state index contributed by atoms with van der Waals surface area (Å²) in [5, 5.41) is 13.0. The van der Waals surface area contributed by atoms with Crippen molar-refractivity contribution in [1.29, 1.82) is 0 Å². The molecule has 0 saturated carbocycles. The van der Waals surface area contributed by atoms with Crippen LogP contribution >= 0.6 is 0 Å². The molecule has 118 valence electrons. The van der Waals surface area contributed by atoms with Gasteiger partial charge in [-0.2, -0.15) is 10.2 Å². The van der Waals surface area contributed by atoms with E-state index in [1.807, 2.05) is 31.2 Å². The SMILES string of the molecule is Cc1ccc(-c2cc(C(=O)N(C)Cc3n[nH]c(=O)[nH]3)[nH]n2)cc1. The first-order chi connectivity index (χ1) is 11.0. The molecule has 23 heavy (non-hydrogen) atoms. The van der Waals surface area contributed by atoms with Gasteiger partial charge in [0, 0.05) is 12.6 Å². The zero-order chi connectivity index (χ0) is 16.4. The van der Waals surface area contributed by atoms with Crippen LogP contribution in [0.25, 0.3) is 11.3 Å². The van der Waals surface area contributed by atoms with Gasteiger partial charge in [0.2, 0.25) is 0 Å². The van der Waals surface area contributed by atoms with Gasteiger partial charge < -0.3 is 4.90 Å². The number of hydrogen-bond donors (Lipinski definition) is 3. The Hall–Kier alpha value is -3.16. The fraction of sp³-hybridized carbons (Fsp3) is 0.200. The zero-order valence-electron chi connectivity index (χ0n) is 12.8. The molecule has 0 atom stereocenters. The van der Waals surface area contributed by atoms with Gasteiger partial charge in [-0.15, -0.1) is 0 Å². The van der Waals surface area contributed by atoms with E-state index in [9.17, 15) is 9.59 Å². The predicted molar refractivity (Wildman–Crippen MR) is 83.8 cm³/mol. The van der Waals surface area contributed by atoms with Gasteiger partial charge in [-0.05, 0) is 13.0 Å². The van der Waals surface area contributed by atoms with E-state index >= 15 is 0 Å². The van der Waals surface area contributed by atoms with Gasteiger partial charge in [0.1, 0.15) is 5.69 Å². The Morgan fingerprint density at radius 1 is 1.17 bits per heavy atom. The monoisotopic (exact) mass is 312 g/mol. The summed E-state index contributed by atoms with van der Waals surface area (Å²) in [6, 6.07) is 9.60. The minimum atomic E-state index is -0.399. The molecule has 3 aromatic rings. The molecule has 0 radical (unpaired) electrons. The topological polar surface area (TPSA) is 111 Å². The van der Waals surface area contributed by atoms with Crippen LogP contribution in [0.2, 0.25) is 0 Å². The van der Waals surface area contributed by atoms with E-state index in [0.717, 1.165) is 11.1 Å². The maximum Gasteiger partial charge on any atom is 0.340 e. The van der Waals surface area contributed by atoms with Gasteiger partial charge in [0.15, 0.2) is 5.82 Å². The summed E-state index contributed by atoms with van der Waals surface area (Å²) in [6.45, 7) is 2.20. The van der Waals surface area contributed by atoms with Crippen molar-refractivity contribution < 1.29 is 4.79 Å². The Morgan fingerprint density at radius 2 is 1.91 bits per heavy atom. The van der Waals surface area contributed by atoms with E-state index in [2.05, 4.69) is 25.4 Å². The first-order valence-corrected chi connectivity index (χ1v) is 7.04. The first kappa shape index (κ1) is 14.8. The molecule has 1 aromatic carbocycles. The number of aromatic amines is 3. The van der Waals surface area contributed by atoms with Crippen LogP contribution in [0, 0.1) is 6.92 Å². The summed E-state index contributed by atoms with van der Waals surface area (Å²) in [5.41, 5.74) is 2.78. The van der Waals surface area contributed by atoms with Crippen LogP contribution in [0.1, 0.15) is 21.9 Å². The Balaban J connectivity index is 1.75. The summed E-state index contributed by atoms with van der Waals surface area (Å²) >= 11 is 0. The lowest BCUT2D eigenvalue weighted by Crippen LogP contribution is -2.27. The van der Waals surface area contributed by atoms with Gasteiger partial charge in [0.25, 0.3) is 5.91 Å². The molecule has 3 rings (SSSR count). The molecular weight excluding hydrogens is 296 g/mol. The predicted octanol–water partition coefficient (Wildman–Crippen LogP) is 1.07. The number of carbonyl (C=O) groups is 1. The lowest BCUT2D eigenvalue weighted by atomic mass is 10.1. The van der Waals surface area contributed by atoms with Crippen molar-refractivity contribution in [1.82, 2.24) is 30.3 Å². The zero-order valence-corrected chi connectivity index (χ0v) is 12.8. The van der Waals surface area contributed by atoms with Crippen LogP contribution in [-0.4, -0.2) is 43.2 Å². The minimum Gasteiger partial charge on any atom is -0.333 e. The molecule has 2 aromatic heterocycles. The second-order valence-corrected chi connectivity index (χ2v) is 5.32. The highest BCUT2D eigenvalue weighted by atomic mass is 16.2. The smallest absolute Gasteiger partial charge is 0.333 e. The third kappa shape index (κ3) is 3.20. The first-order valence-electron chi connectivity index (χ1n) is 7.04. The molecule has 0 aliphatic heterocycles. The van der Waals surface area contributed by atoms with Crippen molar-refractivity contribution in [3.05, 3.63) is 57.9 Å². The Labute approximate surface area is 131 Å². The molecule has 0 aliphatic rings. The number of aromatic nitrogens is 5. The largest absolute Gasteiger partial charge is 0.340 e. The highest BCUT2D eigenvalue weighted by Crippen LogP contribution is 2.18. The Bertz CT molecular complexity index is 874. The van der Waals surface area contributed by atoms with Crippen LogP contribution in [0.5, 0.6) is 0 Å². The number of aryl methyl sites for hydroxylation is 1. The van der Waals surface area contributed by atoms with Gasteiger partial charge in [-0.1, -0.05) is 29.8 Å². The summed E-state index contributed by atoms with van der Waals surface area (Å²) in [6.07, 6.45) is 0. The molecule has 1 amide bonds. The van der Waals surface area contributed by atoms with Crippen molar-refractivity contribution in [2.75, 3.05) is 7.05 Å². The van der Waals surface area contributed by atoms with Crippen molar-refractivity contribution in [2.24, 2.45) is 0 Å². The minimum absolute atomic E-state index is 0.191. The maximum atomic E-state index is 12.4. The number of benzene rings is 1. The normalized spacial score (nSPS) is 10.7. The average Bonchev–Trinajstić information content (AvgIpc) is 3.16. The number of nitrogens with zero attached hydrogens (tertiary/aromatic N) is 3. The van der Waals surface area contributed by atoms with E-state index in [1.165, 1.54) is 4.90 Å². The standard InChI is InChI=1S/C15H16N6O2/c1-9-3-5-10(6-4-9)11-7-12(18-17-11)14(22)21(2)8-13-16-15(23)20-19-13/h3-7H,8H2,1-2H3,(H,17,18)(H2,16,19,20,23). The molecular formula is C15H16N6O2. The molecule has 0 fully saturated rings. The highest BCUT2D eigenvalue weighted by molar-refractivity contribution is 5.93. The maximum absolute atomic E-state index is 12.4. The van der Waals surface area contributed by atoms with Gasteiger partial charge in [-0.3, -0.25) is 14.9 Å². The number of nitrogens with one attached hydrogen (secondary N) is 3. The fourth-order valence-corrected chi connectivity index (χ4v) is 2.19. The van der Waals surface area contributed by atoms with E-state index < -0.39 is 5.69 Å². The van der Waals surface area contributed by atoms with Crippen molar-refractivity contribution in [3.63, 3.8) is 0 Å². The third-order valence-electron chi connectivity index (χ3n) is 3.44. The van der Waals surface area contributed by atoms with E-state index in [1.54, 1.807) is 13.1 Å². The van der Waals surface area contributed by atoms with Crippen LogP contribution in [0.15, 0.2) is 35.1 Å². The number of amides is 1. The molecule has 8 heteroatoms. The number of hydrogen-bond acceptors (Lipinski definition) is 4. The fourth-order valence-electron chi connectivity index (χ4n) is 2.19. The Kier molecular flexibility index (Phi) is 3.80. The second kappa shape index (κ2) is 5.91. The molecule has 8 nitrogen and oxygen atoms in total. The van der Waals surface area contributed by atoms with Gasteiger partial charge in [-0.25, -0.2) is 9.89 Å². The van der Waals surface area contributed by atoms with Crippen molar-refractivity contribution in [2.45, 2.75) is 13.5 Å². The average molecular weight is 312 g/mol. The van der Waals surface area contributed by atoms with E-state index in [4.69, 9.17) is 0 Å². The number of carbonyl (C=O) groups excluding carboxylic acids is 1. The molecule has 0 spiro atoms. The summed E-state index contributed by atoms with van der Waals surface area (Å²) in [4.78, 5) is 27.3. The number of H-pyrrole nitrogens is 3. The lowest BCUT2D eigenvalue weighted by Gasteiger charge is -2.13. The molecule has 0 unspecified atom stereocenters. The van der Waals surface area contributed by atoms with Crippen LogP contribution in [0.4, 0.5) is 0 Å². The van der Waals surface area contributed by atoms with E-state index in [0.29, 0.717) is 17.2 Å². The van der Waals surface area contributed by atoms with E-state index in [-0.39, 0.29) is 12.5 Å². The summed E-state index contributed by atoms with van der Waals surface area (Å²) in [7, 11) is 1.63. The summed E-state index contributed by atoms with van der Waals surface area (Å²) < 4.78 is 0. The third-order valence-corrected chi connectivity index (χ3v) is 3.44. The van der Waals surface area contributed by atoms with Crippen LogP contribution in [-0.2, 0) is 6.54 Å². The molecule has 0 bridgehead atoms. The lowest BCUT2D eigenvalue weighted by molar-refractivity contribution is 0.0776. The van der Waals surface area contributed by atoms with Gasteiger partial charge >= 0.3 is 5.69 Å². The van der Waals surface area contributed by atoms with Crippen molar-refractivity contribution in [3.8, 4) is 11.3 Å².